The summed E-state index contributed by atoms with van der Waals surface area (Å²) >= 11 is 1.77. The van der Waals surface area contributed by atoms with Crippen LogP contribution in [-0.4, -0.2) is 4.98 Å². The van der Waals surface area contributed by atoms with Gasteiger partial charge in [0.25, 0.3) is 0 Å². The minimum absolute atomic E-state index is 0.883. The SMILES string of the molecule is c1ccc(CSc2cccc3ncoc23)cc1. The Hall–Kier alpha value is -1.74. The molecule has 0 N–H and O–H groups in total. The molecule has 0 amide bonds. The molecule has 0 aliphatic rings. The second kappa shape index (κ2) is 4.63. The third kappa shape index (κ3) is 2.19. The van der Waals surface area contributed by atoms with E-state index in [1.807, 2.05) is 18.2 Å². The molecule has 0 spiro atoms. The monoisotopic (exact) mass is 241 g/mol. The molecule has 0 aliphatic carbocycles. The summed E-state index contributed by atoms with van der Waals surface area (Å²) in [7, 11) is 0. The van der Waals surface area contributed by atoms with Crippen LogP contribution in [0.5, 0.6) is 0 Å². The van der Waals surface area contributed by atoms with E-state index in [0.717, 1.165) is 21.7 Å². The first-order chi connectivity index (χ1) is 8.43. The van der Waals surface area contributed by atoms with Crippen LogP contribution in [0, 0.1) is 0 Å². The molecule has 3 aromatic rings. The van der Waals surface area contributed by atoms with E-state index in [4.69, 9.17) is 4.42 Å². The van der Waals surface area contributed by atoms with Crippen molar-refractivity contribution in [2.75, 3.05) is 0 Å². The summed E-state index contributed by atoms with van der Waals surface area (Å²) in [6, 6.07) is 16.5. The van der Waals surface area contributed by atoms with Crippen LogP contribution in [0.25, 0.3) is 11.1 Å². The van der Waals surface area contributed by atoms with Crippen molar-refractivity contribution in [2.45, 2.75) is 10.6 Å². The number of para-hydroxylation sites is 1. The third-order valence-electron chi connectivity index (χ3n) is 2.56. The summed E-state index contributed by atoms with van der Waals surface area (Å²) in [6.45, 7) is 0. The highest BCUT2D eigenvalue weighted by Gasteiger charge is 2.05. The van der Waals surface area contributed by atoms with Gasteiger partial charge in [-0.25, -0.2) is 4.98 Å². The number of oxazole rings is 1. The lowest BCUT2D eigenvalue weighted by molar-refractivity contribution is 0.595. The van der Waals surface area contributed by atoms with Crippen LogP contribution in [-0.2, 0) is 5.75 Å². The Morgan fingerprint density at radius 2 is 1.88 bits per heavy atom. The topological polar surface area (TPSA) is 26.0 Å². The fraction of sp³-hybridized carbons (Fsp3) is 0.0714. The summed E-state index contributed by atoms with van der Waals surface area (Å²) in [6.07, 6.45) is 1.50. The maximum absolute atomic E-state index is 5.41. The summed E-state index contributed by atoms with van der Waals surface area (Å²) in [4.78, 5) is 5.30. The molecule has 0 bridgehead atoms. The molecule has 0 unspecified atom stereocenters. The first-order valence-corrected chi connectivity index (χ1v) is 6.41. The molecule has 3 heteroatoms. The average molecular weight is 241 g/mol. The van der Waals surface area contributed by atoms with Gasteiger partial charge in [-0.05, 0) is 17.7 Å². The van der Waals surface area contributed by atoms with E-state index >= 15 is 0 Å². The number of benzene rings is 2. The Bertz CT molecular complexity index is 618. The minimum atomic E-state index is 0.883. The molecule has 2 aromatic carbocycles. The van der Waals surface area contributed by atoms with Gasteiger partial charge in [0.15, 0.2) is 12.0 Å². The highest BCUT2D eigenvalue weighted by molar-refractivity contribution is 7.98. The first kappa shape index (κ1) is 10.4. The minimum Gasteiger partial charge on any atom is -0.442 e. The van der Waals surface area contributed by atoms with Gasteiger partial charge in [-0.15, -0.1) is 11.8 Å². The van der Waals surface area contributed by atoms with E-state index < -0.39 is 0 Å². The number of hydrogen-bond acceptors (Lipinski definition) is 3. The molecule has 0 saturated heterocycles. The lowest BCUT2D eigenvalue weighted by Crippen LogP contribution is -1.80. The Balaban J connectivity index is 1.84. The van der Waals surface area contributed by atoms with Crippen molar-refractivity contribution >= 4 is 22.9 Å². The number of aromatic nitrogens is 1. The Labute approximate surface area is 104 Å². The standard InChI is InChI=1S/C14H11NOS/c1-2-5-11(6-3-1)9-17-13-8-4-7-12-14(13)16-10-15-12/h1-8,10H,9H2. The van der Waals surface area contributed by atoms with Crippen LogP contribution in [0.2, 0.25) is 0 Å². The van der Waals surface area contributed by atoms with Crippen molar-refractivity contribution < 1.29 is 4.42 Å². The predicted molar refractivity (Wildman–Crippen MR) is 70.0 cm³/mol. The second-order valence-corrected chi connectivity index (χ2v) is 4.75. The van der Waals surface area contributed by atoms with Gasteiger partial charge < -0.3 is 4.42 Å². The van der Waals surface area contributed by atoms with Crippen molar-refractivity contribution in [1.82, 2.24) is 4.98 Å². The fourth-order valence-corrected chi connectivity index (χ4v) is 2.68. The van der Waals surface area contributed by atoms with Gasteiger partial charge in [-0.3, -0.25) is 0 Å². The fourth-order valence-electron chi connectivity index (χ4n) is 1.71. The van der Waals surface area contributed by atoms with Crippen molar-refractivity contribution in [3.63, 3.8) is 0 Å². The Morgan fingerprint density at radius 1 is 1.00 bits per heavy atom. The van der Waals surface area contributed by atoms with Gasteiger partial charge in [0, 0.05) is 5.75 Å². The highest BCUT2D eigenvalue weighted by Crippen LogP contribution is 2.29. The molecule has 1 aromatic heterocycles. The molecular weight excluding hydrogens is 230 g/mol. The van der Waals surface area contributed by atoms with Crippen LogP contribution in [0.3, 0.4) is 0 Å². The number of fused-ring (bicyclic) bond motifs is 1. The molecule has 84 valence electrons. The van der Waals surface area contributed by atoms with Gasteiger partial charge in [-0.1, -0.05) is 36.4 Å². The first-order valence-electron chi connectivity index (χ1n) is 5.42. The number of thioether (sulfide) groups is 1. The molecule has 0 fully saturated rings. The molecule has 3 rings (SSSR count). The molecule has 0 saturated carbocycles. The van der Waals surface area contributed by atoms with E-state index in [2.05, 4.69) is 35.3 Å². The maximum Gasteiger partial charge on any atom is 0.182 e. The predicted octanol–water partition coefficient (Wildman–Crippen LogP) is 4.12. The van der Waals surface area contributed by atoms with Crippen LogP contribution < -0.4 is 0 Å². The zero-order chi connectivity index (χ0) is 11.5. The molecule has 0 atom stereocenters. The van der Waals surface area contributed by atoms with E-state index in [1.165, 1.54) is 12.0 Å². The normalized spacial score (nSPS) is 10.8. The highest BCUT2D eigenvalue weighted by atomic mass is 32.2. The number of rotatable bonds is 3. The van der Waals surface area contributed by atoms with E-state index in [-0.39, 0.29) is 0 Å². The number of nitrogens with zero attached hydrogens (tertiary/aromatic N) is 1. The Morgan fingerprint density at radius 3 is 2.76 bits per heavy atom. The third-order valence-corrected chi connectivity index (χ3v) is 3.67. The Kier molecular flexibility index (Phi) is 2.84. The van der Waals surface area contributed by atoms with Crippen molar-refractivity contribution in [3.8, 4) is 0 Å². The van der Waals surface area contributed by atoms with Crippen LogP contribution >= 0.6 is 11.8 Å². The molecular formula is C14H11NOS. The average Bonchev–Trinajstić information content (AvgIpc) is 2.86. The van der Waals surface area contributed by atoms with Gasteiger partial charge in [0.2, 0.25) is 0 Å². The largest absolute Gasteiger partial charge is 0.442 e. The van der Waals surface area contributed by atoms with Crippen LogP contribution in [0.4, 0.5) is 0 Å². The quantitative estimate of drug-likeness (QED) is 0.645. The lowest BCUT2D eigenvalue weighted by atomic mass is 10.2. The maximum atomic E-state index is 5.41. The summed E-state index contributed by atoms with van der Waals surface area (Å²) in [5.41, 5.74) is 3.12. The second-order valence-electron chi connectivity index (χ2n) is 3.73. The zero-order valence-electron chi connectivity index (χ0n) is 9.17. The van der Waals surface area contributed by atoms with E-state index in [1.54, 1.807) is 11.8 Å². The summed E-state index contributed by atoms with van der Waals surface area (Å²) < 4.78 is 5.41. The van der Waals surface area contributed by atoms with Gasteiger partial charge in [0.05, 0.1) is 4.90 Å². The van der Waals surface area contributed by atoms with E-state index in [9.17, 15) is 0 Å². The van der Waals surface area contributed by atoms with Gasteiger partial charge in [-0.2, -0.15) is 0 Å². The summed E-state index contributed by atoms with van der Waals surface area (Å²) in [5, 5.41) is 0. The smallest absolute Gasteiger partial charge is 0.182 e. The van der Waals surface area contributed by atoms with Crippen molar-refractivity contribution in [1.29, 1.82) is 0 Å². The molecule has 1 heterocycles. The van der Waals surface area contributed by atoms with Gasteiger partial charge >= 0.3 is 0 Å². The van der Waals surface area contributed by atoms with Crippen molar-refractivity contribution in [2.24, 2.45) is 0 Å². The summed E-state index contributed by atoms with van der Waals surface area (Å²) in [5.74, 6) is 0.945. The van der Waals surface area contributed by atoms with E-state index in [0.29, 0.717) is 0 Å². The molecule has 0 radical (unpaired) electrons. The van der Waals surface area contributed by atoms with Crippen LogP contribution in [0.15, 0.2) is 64.2 Å². The number of hydrogen-bond donors (Lipinski definition) is 0. The van der Waals surface area contributed by atoms with Crippen LogP contribution in [0.1, 0.15) is 5.56 Å². The zero-order valence-corrected chi connectivity index (χ0v) is 9.98. The van der Waals surface area contributed by atoms with Gasteiger partial charge in [0.1, 0.15) is 5.52 Å². The van der Waals surface area contributed by atoms with Crippen molar-refractivity contribution in [3.05, 3.63) is 60.5 Å². The molecule has 0 aliphatic heterocycles. The molecule has 2 nitrogen and oxygen atoms in total. The lowest BCUT2D eigenvalue weighted by Gasteiger charge is -2.01. The molecule has 17 heavy (non-hydrogen) atoms.